The molecule has 0 aliphatic heterocycles. The SMILES string of the molecule is CNC(=O)c1ccc(CN(CCC#N)Cc2ccco2)cc1. The first-order valence-electron chi connectivity index (χ1n) is 7.15. The number of hydrogen-bond acceptors (Lipinski definition) is 4. The molecule has 0 saturated heterocycles. The highest BCUT2D eigenvalue weighted by molar-refractivity contribution is 5.93. The molecule has 1 aromatic heterocycles. The van der Waals surface area contributed by atoms with Gasteiger partial charge in [0.15, 0.2) is 0 Å². The summed E-state index contributed by atoms with van der Waals surface area (Å²) in [7, 11) is 1.61. The van der Waals surface area contributed by atoms with Crippen LogP contribution in [-0.2, 0) is 13.1 Å². The number of carbonyl (C=O) groups is 1. The van der Waals surface area contributed by atoms with E-state index in [1.807, 2.05) is 36.4 Å². The van der Waals surface area contributed by atoms with Crippen LogP contribution in [0.5, 0.6) is 0 Å². The second kappa shape index (κ2) is 8.01. The molecule has 1 N–H and O–H groups in total. The van der Waals surface area contributed by atoms with Crippen LogP contribution in [0.25, 0.3) is 0 Å². The second-order valence-electron chi connectivity index (χ2n) is 4.97. The van der Waals surface area contributed by atoms with E-state index in [0.717, 1.165) is 11.3 Å². The van der Waals surface area contributed by atoms with Crippen LogP contribution in [0.3, 0.4) is 0 Å². The van der Waals surface area contributed by atoms with E-state index in [4.69, 9.17) is 9.68 Å². The van der Waals surface area contributed by atoms with E-state index in [-0.39, 0.29) is 5.91 Å². The number of nitriles is 1. The van der Waals surface area contributed by atoms with Gasteiger partial charge in [-0.1, -0.05) is 12.1 Å². The molecule has 0 saturated carbocycles. The van der Waals surface area contributed by atoms with Crippen molar-refractivity contribution in [1.82, 2.24) is 10.2 Å². The Morgan fingerprint density at radius 3 is 2.64 bits per heavy atom. The molecule has 114 valence electrons. The maximum absolute atomic E-state index is 11.5. The van der Waals surface area contributed by atoms with Crippen molar-refractivity contribution in [3.05, 3.63) is 59.5 Å². The third-order valence-corrected chi connectivity index (χ3v) is 3.35. The Kier molecular flexibility index (Phi) is 5.75. The highest BCUT2D eigenvalue weighted by Gasteiger charge is 2.09. The van der Waals surface area contributed by atoms with E-state index in [2.05, 4.69) is 16.3 Å². The Bertz CT molecular complexity index is 627. The predicted molar refractivity (Wildman–Crippen MR) is 82.9 cm³/mol. The van der Waals surface area contributed by atoms with E-state index in [1.54, 1.807) is 13.3 Å². The molecule has 1 heterocycles. The lowest BCUT2D eigenvalue weighted by atomic mass is 10.1. The quantitative estimate of drug-likeness (QED) is 0.852. The van der Waals surface area contributed by atoms with Gasteiger partial charge in [-0.2, -0.15) is 5.26 Å². The molecule has 1 amide bonds. The number of hydrogen-bond donors (Lipinski definition) is 1. The average Bonchev–Trinajstić information content (AvgIpc) is 3.05. The van der Waals surface area contributed by atoms with Crippen molar-refractivity contribution in [2.24, 2.45) is 0 Å². The van der Waals surface area contributed by atoms with Crippen LogP contribution in [0.2, 0.25) is 0 Å². The fraction of sp³-hybridized carbons (Fsp3) is 0.294. The van der Waals surface area contributed by atoms with Crippen molar-refractivity contribution in [3.8, 4) is 6.07 Å². The van der Waals surface area contributed by atoms with Gasteiger partial charge in [0.2, 0.25) is 0 Å². The van der Waals surface area contributed by atoms with E-state index in [0.29, 0.717) is 31.6 Å². The summed E-state index contributed by atoms with van der Waals surface area (Å²) in [5.41, 5.74) is 1.73. The van der Waals surface area contributed by atoms with Crippen LogP contribution in [0.1, 0.15) is 28.1 Å². The first kappa shape index (κ1) is 15.8. The maximum atomic E-state index is 11.5. The summed E-state index contributed by atoms with van der Waals surface area (Å²) in [6.45, 7) is 2.04. The number of carbonyl (C=O) groups excluding carboxylic acids is 1. The zero-order valence-corrected chi connectivity index (χ0v) is 12.6. The van der Waals surface area contributed by atoms with Crippen LogP contribution in [-0.4, -0.2) is 24.4 Å². The summed E-state index contributed by atoms with van der Waals surface area (Å²) in [5, 5.41) is 11.4. The number of nitrogens with one attached hydrogen (secondary N) is 1. The first-order chi connectivity index (χ1) is 10.7. The molecule has 0 aliphatic carbocycles. The molecule has 2 rings (SSSR count). The number of furan rings is 1. The number of rotatable bonds is 7. The van der Waals surface area contributed by atoms with E-state index < -0.39 is 0 Å². The van der Waals surface area contributed by atoms with Crippen LogP contribution in [0, 0.1) is 11.3 Å². The third kappa shape index (κ3) is 4.47. The molecule has 5 nitrogen and oxygen atoms in total. The molecular formula is C17H19N3O2. The van der Waals surface area contributed by atoms with E-state index >= 15 is 0 Å². The van der Waals surface area contributed by atoms with Gasteiger partial charge in [0.1, 0.15) is 5.76 Å². The molecule has 0 atom stereocenters. The van der Waals surface area contributed by atoms with Crippen molar-refractivity contribution >= 4 is 5.91 Å². The zero-order valence-electron chi connectivity index (χ0n) is 12.6. The van der Waals surface area contributed by atoms with Crippen molar-refractivity contribution in [2.75, 3.05) is 13.6 Å². The molecule has 2 aromatic rings. The largest absolute Gasteiger partial charge is 0.468 e. The van der Waals surface area contributed by atoms with Crippen LogP contribution < -0.4 is 5.32 Å². The molecule has 0 radical (unpaired) electrons. The summed E-state index contributed by atoms with van der Waals surface area (Å²) in [5.74, 6) is 0.781. The molecule has 22 heavy (non-hydrogen) atoms. The Morgan fingerprint density at radius 2 is 2.05 bits per heavy atom. The standard InChI is InChI=1S/C17H19N3O2/c1-19-17(21)15-7-5-14(6-8-15)12-20(10-3-9-18)13-16-4-2-11-22-16/h2,4-8,11H,3,10,12-13H2,1H3,(H,19,21). The molecule has 0 unspecified atom stereocenters. The Labute approximate surface area is 130 Å². The average molecular weight is 297 g/mol. The molecular weight excluding hydrogens is 278 g/mol. The maximum Gasteiger partial charge on any atom is 0.251 e. The third-order valence-electron chi connectivity index (χ3n) is 3.35. The van der Waals surface area contributed by atoms with Gasteiger partial charge in [-0.3, -0.25) is 9.69 Å². The van der Waals surface area contributed by atoms with Gasteiger partial charge < -0.3 is 9.73 Å². The minimum atomic E-state index is -0.0940. The van der Waals surface area contributed by atoms with Crippen molar-refractivity contribution in [2.45, 2.75) is 19.5 Å². The molecule has 0 bridgehead atoms. The summed E-state index contributed by atoms with van der Waals surface area (Å²) in [4.78, 5) is 13.7. The predicted octanol–water partition coefficient (Wildman–Crippen LogP) is 2.56. The lowest BCUT2D eigenvalue weighted by Crippen LogP contribution is -2.23. The van der Waals surface area contributed by atoms with Gasteiger partial charge in [0.05, 0.1) is 18.9 Å². The summed E-state index contributed by atoms with van der Waals surface area (Å²) < 4.78 is 5.37. The highest BCUT2D eigenvalue weighted by atomic mass is 16.3. The minimum absolute atomic E-state index is 0.0940. The number of benzene rings is 1. The van der Waals surface area contributed by atoms with Crippen molar-refractivity contribution < 1.29 is 9.21 Å². The Hall–Kier alpha value is -2.58. The molecule has 0 fully saturated rings. The first-order valence-corrected chi connectivity index (χ1v) is 7.15. The lowest BCUT2D eigenvalue weighted by molar-refractivity contribution is 0.0963. The van der Waals surface area contributed by atoms with Crippen LogP contribution >= 0.6 is 0 Å². The van der Waals surface area contributed by atoms with Crippen LogP contribution in [0.4, 0.5) is 0 Å². The summed E-state index contributed by atoms with van der Waals surface area (Å²) in [6, 6.07) is 13.4. The Balaban J connectivity index is 2.02. The molecule has 5 heteroatoms. The summed E-state index contributed by atoms with van der Waals surface area (Å²) >= 11 is 0. The van der Waals surface area contributed by atoms with Gasteiger partial charge in [0.25, 0.3) is 5.91 Å². The second-order valence-corrected chi connectivity index (χ2v) is 4.97. The fourth-order valence-corrected chi connectivity index (χ4v) is 2.21. The lowest BCUT2D eigenvalue weighted by Gasteiger charge is -2.20. The molecule has 0 aliphatic rings. The smallest absolute Gasteiger partial charge is 0.251 e. The van der Waals surface area contributed by atoms with Gasteiger partial charge in [-0.05, 0) is 29.8 Å². The van der Waals surface area contributed by atoms with Gasteiger partial charge in [0, 0.05) is 32.1 Å². The monoisotopic (exact) mass is 297 g/mol. The normalized spacial score (nSPS) is 10.4. The van der Waals surface area contributed by atoms with Crippen molar-refractivity contribution in [1.29, 1.82) is 5.26 Å². The number of amides is 1. The van der Waals surface area contributed by atoms with Crippen LogP contribution in [0.15, 0.2) is 47.1 Å². The minimum Gasteiger partial charge on any atom is -0.468 e. The van der Waals surface area contributed by atoms with Gasteiger partial charge in [-0.25, -0.2) is 0 Å². The van der Waals surface area contributed by atoms with E-state index in [1.165, 1.54) is 0 Å². The molecule has 1 aromatic carbocycles. The topological polar surface area (TPSA) is 69.3 Å². The fourth-order valence-electron chi connectivity index (χ4n) is 2.21. The Morgan fingerprint density at radius 1 is 1.27 bits per heavy atom. The summed E-state index contributed by atoms with van der Waals surface area (Å²) in [6.07, 6.45) is 2.12. The number of nitrogens with zero attached hydrogens (tertiary/aromatic N) is 2. The van der Waals surface area contributed by atoms with Crippen molar-refractivity contribution in [3.63, 3.8) is 0 Å². The van der Waals surface area contributed by atoms with Gasteiger partial charge in [-0.15, -0.1) is 0 Å². The highest BCUT2D eigenvalue weighted by Crippen LogP contribution is 2.12. The molecule has 0 spiro atoms. The van der Waals surface area contributed by atoms with Gasteiger partial charge >= 0.3 is 0 Å². The zero-order chi connectivity index (χ0) is 15.8. The van der Waals surface area contributed by atoms with E-state index in [9.17, 15) is 4.79 Å².